The highest BCUT2D eigenvalue weighted by molar-refractivity contribution is 6.03. The van der Waals surface area contributed by atoms with Crippen LogP contribution in [-0.4, -0.2) is 101 Å². The van der Waals surface area contributed by atoms with Crippen LogP contribution in [0.5, 0.6) is 0 Å². The Morgan fingerprint density at radius 2 is 1.79 bits per heavy atom. The maximum Gasteiger partial charge on any atom is 0.270 e. The largest absolute Gasteiger partial charge is 0.370 e. The number of carbonyl (C=O) groups is 4. The van der Waals surface area contributed by atoms with Crippen LogP contribution in [-0.2, 0) is 27.2 Å². The van der Waals surface area contributed by atoms with E-state index in [0.717, 1.165) is 70.6 Å². The number of likely N-dealkylation sites (tertiary alicyclic amines) is 1. The first-order valence-electron chi connectivity index (χ1n) is 20.7. The van der Waals surface area contributed by atoms with Gasteiger partial charge >= 0.3 is 0 Å². The Balaban J connectivity index is 0.000000165. The summed E-state index contributed by atoms with van der Waals surface area (Å²) in [5.41, 5.74) is 5.25. The molecule has 13 nitrogen and oxygen atoms in total. The second kappa shape index (κ2) is 15.9. The van der Waals surface area contributed by atoms with Crippen molar-refractivity contribution < 1.29 is 28.0 Å². The van der Waals surface area contributed by atoms with Crippen molar-refractivity contribution in [3.05, 3.63) is 59.5 Å². The van der Waals surface area contributed by atoms with Crippen LogP contribution in [0.3, 0.4) is 0 Å². The second-order valence-electron chi connectivity index (χ2n) is 17.1. The minimum atomic E-state index is -2.60. The lowest BCUT2D eigenvalue weighted by Crippen LogP contribution is -2.52. The summed E-state index contributed by atoms with van der Waals surface area (Å²) in [5.74, 6) is -2.66. The molecule has 4 N–H and O–H groups in total. The second-order valence-corrected chi connectivity index (χ2v) is 17.1. The number of carbonyl (C=O) groups excluding carboxylic acids is 4. The molecule has 9 rings (SSSR count). The number of aromatic nitrogens is 4. The number of halogens is 2. The molecule has 15 heteroatoms. The number of pyridine rings is 1. The van der Waals surface area contributed by atoms with E-state index in [9.17, 15) is 28.0 Å². The van der Waals surface area contributed by atoms with Gasteiger partial charge in [-0.05, 0) is 93.8 Å². The number of alkyl halides is 2. The van der Waals surface area contributed by atoms with Gasteiger partial charge in [-0.15, -0.1) is 0 Å². The van der Waals surface area contributed by atoms with Gasteiger partial charge in [-0.25, -0.2) is 13.8 Å². The zero-order valence-electron chi connectivity index (χ0n) is 33.5. The van der Waals surface area contributed by atoms with E-state index in [1.807, 2.05) is 30.3 Å². The van der Waals surface area contributed by atoms with Crippen LogP contribution < -0.4 is 20.4 Å². The molecule has 3 aromatic heterocycles. The first-order chi connectivity index (χ1) is 27.9. The van der Waals surface area contributed by atoms with Crippen molar-refractivity contribution in [2.45, 2.75) is 83.6 Å². The van der Waals surface area contributed by atoms with Gasteiger partial charge in [0.2, 0.25) is 18.2 Å². The Kier molecular flexibility index (Phi) is 10.8. The topological polar surface area (TPSA) is 159 Å². The number of fused-ring (bicyclic) bond motifs is 3. The molecule has 1 saturated carbocycles. The lowest BCUT2D eigenvalue weighted by molar-refractivity contribution is -0.134. The van der Waals surface area contributed by atoms with Crippen molar-refractivity contribution in [2.75, 3.05) is 49.6 Å². The molecule has 3 saturated heterocycles. The fraction of sp³-hybridized carbons (Fsp3) is 0.535. The van der Waals surface area contributed by atoms with Crippen LogP contribution in [0.25, 0.3) is 22.3 Å². The number of hydrogen-bond acceptors (Lipinski definition) is 8. The number of H-pyrrole nitrogens is 2. The highest BCUT2D eigenvalue weighted by atomic mass is 19.3. The van der Waals surface area contributed by atoms with Crippen molar-refractivity contribution in [2.24, 2.45) is 23.2 Å². The summed E-state index contributed by atoms with van der Waals surface area (Å²) in [6, 6.07) is 10.6. The van der Waals surface area contributed by atoms with Crippen LogP contribution in [0.4, 0.5) is 20.2 Å². The van der Waals surface area contributed by atoms with E-state index in [1.54, 1.807) is 26.2 Å². The van der Waals surface area contributed by atoms with E-state index < -0.39 is 35.1 Å². The van der Waals surface area contributed by atoms with E-state index in [1.165, 1.54) is 56.6 Å². The van der Waals surface area contributed by atoms with Crippen molar-refractivity contribution in [3.8, 4) is 11.4 Å². The summed E-state index contributed by atoms with van der Waals surface area (Å²) >= 11 is 0. The summed E-state index contributed by atoms with van der Waals surface area (Å²) < 4.78 is 28.2. The number of imide groups is 1. The van der Waals surface area contributed by atoms with Crippen LogP contribution in [0, 0.1) is 23.2 Å². The predicted octanol–water partition coefficient (Wildman–Crippen LogP) is 5.48. The molecule has 0 radical (unpaired) electrons. The van der Waals surface area contributed by atoms with Gasteiger partial charge in [0.1, 0.15) is 17.4 Å². The zero-order valence-corrected chi connectivity index (χ0v) is 33.5. The van der Waals surface area contributed by atoms with E-state index in [2.05, 4.69) is 47.5 Å². The number of aromatic amines is 2. The third-order valence-corrected chi connectivity index (χ3v) is 13.5. The molecule has 3 unspecified atom stereocenters. The monoisotopic (exact) mass is 797 g/mol. The van der Waals surface area contributed by atoms with E-state index in [0.29, 0.717) is 25.0 Å². The molecule has 3 aliphatic heterocycles. The standard InChI is InChI=1S/C24H35N5O3.C19H18F2N4O/c1-2-17-7-11-28(12-8-17)16-18-9-13-29(14-10-18)19-3-4-20(25-15-19)23(31)26-21-5-6-22(30)27-24(21)32;1-18-8-15-12(7-16(18)19(18,20)21)17(24-23-15)14-5-10-3-4-11(25(2)9-26)6-13(10)22-14/h3-4,15,17-18,21H,2,5-14,16H2,1H3,(H,26,31)(H,27,30,32);3-6,9,16,22H,7-8H2,1-2H3,(H,23,24). The lowest BCUT2D eigenvalue weighted by atomic mass is 9.87. The average molecular weight is 798 g/mol. The first-order valence-corrected chi connectivity index (χ1v) is 20.7. The van der Waals surface area contributed by atoms with Gasteiger partial charge in [0, 0.05) is 78.7 Å². The molecule has 5 aliphatic rings. The molecule has 308 valence electrons. The van der Waals surface area contributed by atoms with E-state index in [4.69, 9.17) is 0 Å². The summed E-state index contributed by atoms with van der Waals surface area (Å²) in [7, 11) is 1.69. The molecule has 4 aromatic rings. The molecular weight excluding hydrogens is 745 g/mol. The normalized spacial score (nSPS) is 24.6. The van der Waals surface area contributed by atoms with E-state index in [-0.39, 0.29) is 18.0 Å². The number of benzene rings is 1. The molecule has 6 heterocycles. The van der Waals surface area contributed by atoms with Crippen LogP contribution in [0.1, 0.15) is 80.5 Å². The van der Waals surface area contributed by atoms with Gasteiger partial charge in [-0.2, -0.15) is 5.10 Å². The lowest BCUT2D eigenvalue weighted by Gasteiger charge is -2.38. The zero-order chi connectivity index (χ0) is 40.8. The van der Waals surface area contributed by atoms with Gasteiger partial charge in [-0.1, -0.05) is 26.3 Å². The van der Waals surface area contributed by atoms with Crippen LogP contribution in [0.15, 0.2) is 42.6 Å². The van der Waals surface area contributed by atoms with Crippen molar-refractivity contribution in [1.29, 1.82) is 0 Å². The Hall–Kier alpha value is -5.18. The quantitative estimate of drug-likeness (QED) is 0.128. The number of anilines is 2. The highest BCUT2D eigenvalue weighted by Gasteiger charge is 2.78. The van der Waals surface area contributed by atoms with Gasteiger partial charge < -0.3 is 25.0 Å². The number of nitrogens with one attached hydrogen (secondary N) is 4. The number of amides is 4. The number of rotatable bonds is 9. The molecule has 58 heavy (non-hydrogen) atoms. The summed E-state index contributed by atoms with van der Waals surface area (Å²) in [6.45, 7) is 9.73. The SMILES string of the molecule is CCC1CCN(CC2CCN(c3ccc(C(=O)NC4CCC(=O)NC4=O)nc3)CC2)CC1.CN(C=O)c1ccc2cc(-c3n[nH]c4c3CC3C(F)(F)C3(C)C4)[nH]c2c1. The molecule has 4 fully saturated rings. The molecule has 1 aromatic carbocycles. The van der Waals surface area contributed by atoms with Gasteiger partial charge in [0.05, 0.1) is 17.6 Å². The van der Waals surface area contributed by atoms with Gasteiger partial charge in [-0.3, -0.25) is 29.6 Å². The van der Waals surface area contributed by atoms with Crippen LogP contribution >= 0.6 is 0 Å². The minimum Gasteiger partial charge on any atom is -0.370 e. The van der Waals surface area contributed by atoms with Crippen molar-refractivity contribution >= 4 is 46.4 Å². The highest BCUT2D eigenvalue weighted by Crippen LogP contribution is 2.70. The van der Waals surface area contributed by atoms with Gasteiger partial charge in [0.25, 0.3) is 11.8 Å². The molecule has 3 atom stereocenters. The van der Waals surface area contributed by atoms with Crippen molar-refractivity contribution in [3.63, 3.8) is 0 Å². The van der Waals surface area contributed by atoms with Gasteiger partial charge in [0.15, 0.2) is 0 Å². The smallest absolute Gasteiger partial charge is 0.270 e. The number of nitrogens with zero attached hydrogens (tertiary/aromatic N) is 5. The summed E-state index contributed by atoms with van der Waals surface area (Å²) in [4.78, 5) is 60.6. The molecule has 2 aliphatic carbocycles. The van der Waals surface area contributed by atoms with Crippen molar-refractivity contribution in [1.82, 2.24) is 35.7 Å². The summed E-state index contributed by atoms with van der Waals surface area (Å²) in [5, 5.41) is 13.3. The fourth-order valence-corrected chi connectivity index (χ4v) is 9.44. The predicted molar refractivity (Wildman–Crippen MR) is 217 cm³/mol. The fourth-order valence-electron chi connectivity index (χ4n) is 9.44. The van der Waals surface area contributed by atoms with Crippen LogP contribution in [0.2, 0.25) is 0 Å². The number of hydrogen-bond donors (Lipinski definition) is 4. The minimum absolute atomic E-state index is 0.232. The molecule has 0 spiro atoms. The summed E-state index contributed by atoms with van der Waals surface area (Å²) in [6.07, 6.45) is 10.1. The average Bonchev–Trinajstić information content (AvgIpc) is 3.61. The molecular formula is C43H53F2N9O4. The Labute approximate surface area is 336 Å². The van der Waals surface area contributed by atoms with E-state index >= 15 is 0 Å². The molecule has 4 amide bonds. The maximum atomic E-state index is 14.1. The maximum absolute atomic E-state index is 14.1. The Bertz CT molecular complexity index is 2170. The first kappa shape index (κ1) is 39.6. The molecule has 0 bridgehead atoms. The Morgan fingerprint density at radius 3 is 2.48 bits per heavy atom. The third-order valence-electron chi connectivity index (χ3n) is 13.5. The Morgan fingerprint density at radius 1 is 1.03 bits per heavy atom. The third kappa shape index (κ3) is 7.72. The number of piperidine rings is 3.